The van der Waals surface area contributed by atoms with Crippen molar-refractivity contribution in [1.29, 1.82) is 0 Å². The van der Waals surface area contributed by atoms with Gasteiger partial charge in [0.15, 0.2) is 5.06 Å². The molecule has 1 nitrogen and oxygen atoms in total. The topological polar surface area (TPSA) is 9.23 Å². The van der Waals surface area contributed by atoms with Gasteiger partial charge in [0.2, 0.25) is 0 Å². The Kier molecular flexibility index (Phi) is 2.13. The molecule has 0 bridgehead atoms. The highest BCUT2D eigenvalue weighted by Crippen LogP contribution is 2.34. The Hall–Kier alpha value is -0.0200. The first-order valence-electron chi connectivity index (χ1n) is 2.53. The zero-order valence-corrected chi connectivity index (χ0v) is 7.67. The van der Waals surface area contributed by atoms with Gasteiger partial charge >= 0.3 is 0 Å². The highest BCUT2D eigenvalue weighted by atomic mass is 79.9. The normalized spacial score (nSPS) is 9.67. The highest BCUT2D eigenvalue weighted by molar-refractivity contribution is 9.10. The Bertz CT molecular complexity index is 207. The fraction of sp³-hybridized carbons (Fsp3) is 0.333. The number of halogens is 1. The van der Waals surface area contributed by atoms with E-state index < -0.39 is 0 Å². The third-order valence-corrected chi connectivity index (χ3v) is 3.36. The van der Waals surface area contributed by atoms with E-state index in [4.69, 9.17) is 4.74 Å². The average molecular weight is 207 g/mol. The van der Waals surface area contributed by atoms with Gasteiger partial charge in [-0.1, -0.05) is 0 Å². The van der Waals surface area contributed by atoms with Gasteiger partial charge in [-0.2, -0.15) is 0 Å². The van der Waals surface area contributed by atoms with E-state index >= 15 is 0 Å². The SMILES string of the molecule is COc1scc(C)c1Br. The van der Waals surface area contributed by atoms with E-state index in [0.29, 0.717) is 0 Å². The number of ether oxygens (including phenoxy) is 1. The number of methoxy groups -OCH3 is 1. The van der Waals surface area contributed by atoms with Crippen molar-refractivity contribution in [3.05, 3.63) is 15.4 Å². The number of thiophene rings is 1. The van der Waals surface area contributed by atoms with Crippen molar-refractivity contribution in [3.8, 4) is 5.06 Å². The van der Waals surface area contributed by atoms with Crippen molar-refractivity contribution < 1.29 is 4.74 Å². The van der Waals surface area contributed by atoms with E-state index in [1.54, 1.807) is 18.4 Å². The molecule has 1 aromatic rings. The minimum Gasteiger partial charge on any atom is -0.486 e. The summed E-state index contributed by atoms with van der Waals surface area (Å²) in [5.74, 6) is 0. The number of hydrogen-bond acceptors (Lipinski definition) is 2. The van der Waals surface area contributed by atoms with E-state index in [-0.39, 0.29) is 0 Å². The summed E-state index contributed by atoms with van der Waals surface area (Å²) in [5.41, 5.74) is 1.23. The second kappa shape index (κ2) is 2.71. The lowest BCUT2D eigenvalue weighted by molar-refractivity contribution is 0.424. The maximum absolute atomic E-state index is 5.04. The summed E-state index contributed by atoms with van der Waals surface area (Å²) < 4.78 is 6.12. The molecule has 0 aliphatic rings. The maximum Gasteiger partial charge on any atom is 0.188 e. The van der Waals surface area contributed by atoms with Crippen LogP contribution in [0.1, 0.15) is 5.56 Å². The Balaban J connectivity index is 3.04. The van der Waals surface area contributed by atoms with Gasteiger partial charge in [-0.05, 0) is 33.8 Å². The molecule has 0 aromatic carbocycles. The van der Waals surface area contributed by atoms with Gasteiger partial charge in [0.25, 0.3) is 0 Å². The largest absolute Gasteiger partial charge is 0.486 e. The summed E-state index contributed by atoms with van der Waals surface area (Å²) in [5, 5.41) is 3.01. The third-order valence-electron chi connectivity index (χ3n) is 1.05. The lowest BCUT2D eigenvalue weighted by Gasteiger charge is -1.92. The van der Waals surface area contributed by atoms with Gasteiger partial charge in [-0.25, -0.2) is 0 Å². The molecule has 0 aliphatic heterocycles. The Labute approximate surface area is 66.8 Å². The zero-order valence-electron chi connectivity index (χ0n) is 5.27. The molecule has 0 unspecified atom stereocenters. The first kappa shape index (κ1) is 7.09. The molecule has 0 saturated carbocycles. The first-order valence-corrected chi connectivity index (χ1v) is 4.20. The van der Waals surface area contributed by atoms with E-state index in [9.17, 15) is 0 Å². The lowest BCUT2D eigenvalue weighted by Crippen LogP contribution is -1.77. The standard InChI is InChI=1S/C6H7BrOS/c1-4-3-9-6(8-2)5(4)7/h3H,1-2H3. The Morgan fingerprint density at radius 1 is 1.67 bits per heavy atom. The molecule has 1 rings (SSSR count). The average Bonchev–Trinajstić information content (AvgIpc) is 2.15. The molecular formula is C6H7BrOS. The molecule has 0 N–H and O–H groups in total. The van der Waals surface area contributed by atoms with Crippen molar-refractivity contribution in [2.24, 2.45) is 0 Å². The predicted octanol–water partition coefficient (Wildman–Crippen LogP) is 2.83. The second-order valence-electron chi connectivity index (χ2n) is 1.72. The molecule has 0 amide bonds. The molecule has 1 heterocycles. The van der Waals surface area contributed by atoms with Crippen molar-refractivity contribution in [2.75, 3.05) is 7.11 Å². The molecule has 3 heteroatoms. The second-order valence-corrected chi connectivity index (χ2v) is 3.36. The van der Waals surface area contributed by atoms with Gasteiger partial charge in [0.1, 0.15) is 0 Å². The minimum absolute atomic E-state index is 0.951. The smallest absolute Gasteiger partial charge is 0.188 e. The predicted molar refractivity (Wildman–Crippen MR) is 43.3 cm³/mol. The fourth-order valence-corrected chi connectivity index (χ4v) is 2.01. The molecule has 50 valence electrons. The molecule has 0 saturated heterocycles. The van der Waals surface area contributed by atoms with Crippen molar-refractivity contribution in [3.63, 3.8) is 0 Å². The van der Waals surface area contributed by atoms with Crippen LogP contribution in [-0.4, -0.2) is 7.11 Å². The van der Waals surface area contributed by atoms with E-state index in [1.165, 1.54) is 5.56 Å². The van der Waals surface area contributed by atoms with Gasteiger partial charge in [-0.3, -0.25) is 0 Å². The molecular weight excluding hydrogens is 200 g/mol. The number of hydrogen-bond donors (Lipinski definition) is 0. The molecule has 0 radical (unpaired) electrons. The summed E-state index contributed by atoms with van der Waals surface area (Å²) in [4.78, 5) is 0. The van der Waals surface area contributed by atoms with Crippen LogP contribution in [0.15, 0.2) is 9.85 Å². The van der Waals surface area contributed by atoms with Crippen LogP contribution in [0, 0.1) is 6.92 Å². The van der Waals surface area contributed by atoms with Crippen LogP contribution in [0.25, 0.3) is 0 Å². The van der Waals surface area contributed by atoms with Crippen LogP contribution in [0.3, 0.4) is 0 Å². The van der Waals surface area contributed by atoms with Crippen LogP contribution < -0.4 is 4.74 Å². The van der Waals surface area contributed by atoms with E-state index in [1.807, 2.05) is 6.92 Å². The van der Waals surface area contributed by atoms with E-state index in [2.05, 4.69) is 21.3 Å². The van der Waals surface area contributed by atoms with Gasteiger partial charge in [0.05, 0.1) is 11.6 Å². The van der Waals surface area contributed by atoms with Gasteiger partial charge < -0.3 is 4.74 Å². The molecule has 0 atom stereocenters. The van der Waals surface area contributed by atoms with Gasteiger partial charge in [-0.15, -0.1) is 11.3 Å². The molecule has 0 fully saturated rings. The fourth-order valence-electron chi connectivity index (χ4n) is 0.544. The van der Waals surface area contributed by atoms with E-state index in [0.717, 1.165) is 9.54 Å². The molecule has 9 heavy (non-hydrogen) atoms. The maximum atomic E-state index is 5.04. The molecule has 0 spiro atoms. The van der Waals surface area contributed by atoms with Crippen molar-refractivity contribution in [1.82, 2.24) is 0 Å². The van der Waals surface area contributed by atoms with Gasteiger partial charge in [0, 0.05) is 0 Å². The van der Waals surface area contributed by atoms with Crippen LogP contribution in [0.4, 0.5) is 0 Å². The first-order chi connectivity index (χ1) is 4.25. The summed E-state index contributed by atoms with van der Waals surface area (Å²) in [6.07, 6.45) is 0. The van der Waals surface area contributed by atoms with Crippen LogP contribution in [-0.2, 0) is 0 Å². The van der Waals surface area contributed by atoms with Crippen LogP contribution in [0.2, 0.25) is 0 Å². The van der Waals surface area contributed by atoms with Crippen LogP contribution >= 0.6 is 27.3 Å². The quantitative estimate of drug-likeness (QED) is 0.687. The Morgan fingerprint density at radius 3 is 2.56 bits per heavy atom. The zero-order chi connectivity index (χ0) is 6.85. The number of aryl methyl sites for hydroxylation is 1. The van der Waals surface area contributed by atoms with Crippen molar-refractivity contribution >= 4 is 27.3 Å². The minimum atomic E-state index is 0.951. The van der Waals surface area contributed by atoms with Crippen LogP contribution in [0.5, 0.6) is 5.06 Å². The third kappa shape index (κ3) is 1.27. The Morgan fingerprint density at radius 2 is 2.33 bits per heavy atom. The summed E-state index contributed by atoms with van der Waals surface area (Å²) in [6, 6.07) is 0. The summed E-state index contributed by atoms with van der Waals surface area (Å²) in [7, 11) is 1.68. The monoisotopic (exact) mass is 206 g/mol. The molecule has 0 aliphatic carbocycles. The lowest BCUT2D eigenvalue weighted by atomic mass is 10.4. The van der Waals surface area contributed by atoms with Crippen molar-refractivity contribution in [2.45, 2.75) is 6.92 Å². The number of rotatable bonds is 1. The molecule has 1 aromatic heterocycles. The summed E-state index contributed by atoms with van der Waals surface area (Å²) >= 11 is 5.00. The highest BCUT2D eigenvalue weighted by Gasteiger charge is 2.03. The summed E-state index contributed by atoms with van der Waals surface area (Å²) in [6.45, 7) is 2.04.